The minimum Gasteiger partial charge on any atom is -0.370 e. The van der Waals surface area contributed by atoms with E-state index in [1.54, 1.807) is 11.3 Å². The van der Waals surface area contributed by atoms with Gasteiger partial charge in [-0.15, -0.1) is 11.3 Å². The van der Waals surface area contributed by atoms with Crippen LogP contribution in [0.2, 0.25) is 0 Å². The maximum atomic E-state index is 5.70. The van der Waals surface area contributed by atoms with Crippen LogP contribution >= 0.6 is 11.3 Å². The third kappa shape index (κ3) is 3.22. The van der Waals surface area contributed by atoms with Gasteiger partial charge < -0.3 is 10.6 Å². The third-order valence-electron chi connectivity index (χ3n) is 2.76. The first-order valence-corrected chi connectivity index (χ1v) is 6.86. The number of thiophene rings is 1. The van der Waals surface area contributed by atoms with Crippen molar-refractivity contribution in [3.8, 4) is 0 Å². The van der Waals surface area contributed by atoms with Crippen LogP contribution in [0, 0.1) is 6.92 Å². The Morgan fingerprint density at radius 3 is 2.89 bits per heavy atom. The molecule has 0 aliphatic carbocycles. The molecular weight excluding hydrogens is 246 g/mol. The number of aliphatic imine (C=N–C) groups is 2. The number of aryl methyl sites for hydroxylation is 1. The molecule has 1 aromatic heterocycles. The average molecular weight is 265 g/mol. The lowest BCUT2D eigenvalue weighted by molar-refractivity contribution is 0.486. The van der Waals surface area contributed by atoms with E-state index >= 15 is 0 Å². The van der Waals surface area contributed by atoms with Gasteiger partial charge in [0.15, 0.2) is 5.96 Å². The second kappa shape index (κ2) is 5.39. The number of hydrogen-bond acceptors (Lipinski definition) is 6. The smallest absolute Gasteiger partial charge is 0.202 e. The molecule has 5 nitrogen and oxygen atoms in total. The van der Waals surface area contributed by atoms with E-state index in [1.807, 2.05) is 14.0 Å². The maximum absolute atomic E-state index is 5.70. The van der Waals surface area contributed by atoms with Crippen molar-refractivity contribution < 1.29 is 0 Å². The van der Waals surface area contributed by atoms with Crippen LogP contribution in [0.1, 0.15) is 17.4 Å². The van der Waals surface area contributed by atoms with E-state index in [0.717, 1.165) is 18.9 Å². The predicted molar refractivity (Wildman–Crippen MR) is 77.0 cm³/mol. The van der Waals surface area contributed by atoms with Crippen LogP contribution < -0.4 is 11.1 Å². The van der Waals surface area contributed by atoms with Crippen molar-refractivity contribution in [2.45, 2.75) is 26.4 Å². The van der Waals surface area contributed by atoms with E-state index in [4.69, 9.17) is 5.73 Å². The summed E-state index contributed by atoms with van der Waals surface area (Å²) in [7, 11) is 2.01. The molecule has 0 radical (unpaired) electrons. The third-order valence-corrected chi connectivity index (χ3v) is 3.67. The Bertz CT molecular complexity index is 477. The lowest BCUT2D eigenvalue weighted by Gasteiger charge is -2.25. The van der Waals surface area contributed by atoms with E-state index in [1.165, 1.54) is 10.4 Å². The van der Waals surface area contributed by atoms with Gasteiger partial charge in [-0.05, 0) is 37.3 Å². The molecule has 6 heteroatoms. The minimum atomic E-state index is -0.105. The number of nitrogens with one attached hydrogen (secondary N) is 1. The molecule has 1 unspecified atom stereocenters. The lowest BCUT2D eigenvalue weighted by atomic mass is 10.2. The Labute approximate surface area is 111 Å². The van der Waals surface area contributed by atoms with Crippen LogP contribution in [0.3, 0.4) is 0 Å². The lowest BCUT2D eigenvalue weighted by Crippen LogP contribution is -2.49. The zero-order chi connectivity index (χ0) is 13.1. The maximum Gasteiger partial charge on any atom is 0.202 e. The molecule has 1 aliphatic heterocycles. The van der Waals surface area contributed by atoms with Crippen molar-refractivity contribution in [3.63, 3.8) is 0 Å². The highest BCUT2D eigenvalue weighted by atomic mass is 32.1. The fraction of sp³-hybridized carbons (Fsp3) is 0.500. The summed E-state index contributed by atoms with van der Waals surface area (Å²) in [5, 5.41) is 5.20. The average Bonchev–Trinajstić information content (AvgIpc) is 2.70. The quantitative estimate of drug-likeness (QED) is 0.861. The van der Waals surface area contributed by atoms with Crippen molar-refractivity contribution in [1.29, 1.82) is 0 Å². The summed E-state index contributed by atoms with van der Waals surface area (Å²) in [6, 6.07) is 2.23. The first-order chi connectivity index (χ1) is 8.54. The van der Waals surface area contributed by atoms with Gasteiger partial charge in [-0.25, -0.2) is 9.98 Å². The minimum absolute atomic E-state index is 0.105. The fourth-order valence-electron chi connectivity index (χ4n) is 1.81. The van der Waals surface area contributed by atoms with Crippen LogP contribution in [-0.2, 0) is 6.42 Å². The first kappa shape index (κ1) is 12.9. The standard InChI is InChI=1S/C12H19N5S/c1-8-6-10(7-18-8)4-5-17(3)12-15-9(2)14-11(13)16-12/h6-7,9H,4-5H2,1-3H3,(H3,13,14,15,16). The Morgan fingerprint density at radius 1 is 1.50 bits per heavy atom. The number of likely N-dealkylation sites (N-methyl/N-ethyl adjacent to an activating group) is 1. The number of guanidine groups is 2. The molecule has 2 heterocycles. The van der Waals surface area contributed by atoms with Gasteiger partial charge >= 0.3 is 0 Å². The molecule has 98 valence electrons. The molecule has 1 aliphatic rings. The molecule has 3 N–H and O–H groups in total. The zero-order valence-corrected chi connectivity index (χ0v) is 11.8. The van der Waals surface area contributed by atoms with Crippen molar-refractivity contribution in [2.24, 2.45) is 15.7 Å². The van der Waals surface area contributed by atoms with Gasteiger partial charge in [-0.2, -0.15) is 0 Å². The van der Waals surface area contributed by atoms with Crippen LogP contribution in [0.15, 0.2) is 21.4 Å². The van der Waals surface area contributed by atoms with Gasteiger partial charge in [0.25, 0.3) is 0 Å². The van der Waals surface area contributed by atoms with E-state index in [2.05, 4.69) is 38.6 Å². The second-order valence-corrected chi connectivity index (χ2v) is 5.58. The van der Waals surface area contributed by atoms with E-state index in [0.29, 0.717) is 5.96 Å². The molecule has 0 saturated carbocycles. The molecule has 18 heavy (non-hydrogen) atoms. The van der Waals surface area contributed by atoms with Gasteiger partial charge in [0.1, 0.15) is 6.17 Å². The van der Waals surface area contributed by atoms with Gasteiger partial charge in [0.05, 0.1) is 0 Å². The topological polar surface area (TPSA) is 66.0 Å². The van der Waals surface area contributed by atoms with Crippen molar-refractivity contribution in [3.05, 3.63) is 21.9 Å². The van der Waals surface area contributed by atoms with Crippen LogP contribution in [0.5, 0.6) is 0 Å². The largest absolute Gasteiger partial charge is 0.370 e. The summed E-state index contributed by atoms with van der Waals surface area (Å²) in [6.07, 6.45) is 0.902. The van der Waals surface area contributed by atoms with E-state index in [-0.39, 0.29) is 6.17 Å². The number of hydrogen-bond donors (Lipinski definition) is 2. The van der Waals surface area contributed by atoms with Gasteiger partial charge in [-0.3, -0.25) is 5.32 Å². The van der Waals surface area contributed by atoms with Crippen molar-refractivity contribution in [1.82, 2.24) is 10.2 Å². The molecule has 2 rings (SSSR count). The predicted octanol–water partition coefficient (Wildman–Crippen LogP) is 1.15. The van der Waals surface area contributed by atoms with Crippen LogP contribution in [0.25, 0.3) is 0 Å². The van der Waals surface area contributed by atoms with Gasteiger partial charge in [-0.1, -0.05) is 0 Å². The summed E-state index contributed by atoms with van der Waals surface area (Å²) in [4.78, 5) is 12.0. The molecule has 0 bridgehead atoms. The van der Waals surface area contributed by atoms with Crippen LogP contribution in [0.4, 0.5) is 0 Å². The molecule has 0 spiro atoms. The van der Waals surface area contributed by atoms with Crippen molar-refractivity contribution >= 4 is 23.3 Å². The normalized spacial score (nSPS) is 18.9. The number of rotatable bonds is 3. The molecule has 1 aromatic rings. The number of nitrogens with two attached hydrogens (primary N) is 1. The zero-order valence-electron chi connectivity index (χ0n) is 11.0. The molecule has 0 amide bonds. The summed E-state index contributed by atoms with van der Waals surface area (Å²) in [6.45, 7) is 4.95. The molecule has 0 saturated heterocycles. The highest BCUT2D eigenvalue weighted by molar-refractivity contribution is 7.10. The number of nitrogens with zero attached hydrogens (tertiary/aromatic N) is 3. The van der Waals surface area contributed by atoms with Crippen molar-refractivity contribution in [2.75, 3.05) is 13.6 Å². The fourth-order valence-corrected chi connectivity index (χ4v) is 2.55. The molecule has 0 aromatic carbocycles. The highest BCUT2D eigenvalue weighted by Gasteiger charge is 2.14. The van der Waals surface area contributed by atoms with Gasteiger partial charge in [0, 0.05) is 18.5 Å². The Kier molecular flexibility index (Phi) is 3.86. The molecular formula is C12H19N5S. The molecule has 1 atom stereocenters. The first-order valence-electron chi connectivity index (χ1n) is 5.98. The summed E-state index contributed by atoms with van der Waals surface area (Å²) in [5.41, 5.74) is 7.07. The van der Waals surface area contributed by atoms with E-state index in [9.17, 15) is 0 Å². The Balaban J connectivity index is 1.90. The molecule has 0 fully saturated rings. The van der Waals surface area contributed by atoms with E-state index < -0.39 is 0 Å². The van der Waals surface area contributed by atoms with Gasteiger partial charge in [0.2, 0.25) is 5.96 Å². The Hall–Kier alpha value is -1.56. The monoisotopic (exact) mass is 265 g/mol. The Morgan fingerprint density at radius 2 is 2.28 bits per heavy atom. The summed E-state index contributed by atoms with van der Waals surface area (Å²) >= 11 is 1.79. The SMILES string of the molecule is Cc1cc(CCN(C)C2=NC(C)N=C(N)N2)cs1. The summed E-state index contributed by atoms with van der Waals surface area (Å²) in [5.74, 6) is 1.23. The second-order valence-electron chi connectivity index (χ2n) is 4.46. The highest BCUT2D eigenvalue weighted by Crippen LogP contribution is 2.13. The van der Waals surface area contributed by atoms with Crippen LogP contribution in [-0.4, -0.2) is 36.6 Å². The summed E-state index contributed by atoms with van der Waals surface area (Å²) < 4.78 is 0.